The summed E-state index contributed by atoms with van der Waals surface area (Å²) in [6.07, 6.45) is 7.49. The van der Waals surface area contributed by atoms with E-state index >= 15 is 0 Å². The first-order valence-corrected chi connectivity index (χ1v) is 7.31. The normalized spacial score (nSPS) is 27.4. The fourth-order valence-corrected chi connectivity index (χ4v) is 3.77. The number of hydrogen-bond donors (Lipinski definition) is 1. The maximum absolute atomic E-state index is 12.6. The molecule has 0 aromatic heterocycles. The van der Waals surface area contributed by atoms with Crippen LogP contribution >= 0.6 is 0 Å². The van der Waals surface area contributed by atoms with Crippen molar-refractivity contribution >= 4 is 17.8 Å². The predicted molar refractivity (Wildman–Crippen MR) is 68.1 cm³/mol. The van der Waals surface area contributed by atoms with Gasteiger partial charge in [-0.15, -0.1) is 0 Å². The van der Waals surface area contributed by atoms with E-state index in [4.69, 9.17) is 0 Å². The molecule has 1 aliphatic heterocycles. The highest BCUT2D eigenvalue weighted by molar-refractivity contribution is 6.19. The van der Waals surface area contributed by atoms with Crippen LogP contribution in [0.1, 0.15) is 51.4 Å². The molecule has 2 aliphatic carbocycles. The summed E-state index contributed by atoms with van der Waals surface area (Å²) >= 11 is 0. The minimum Gasteiger partial charge on any atom is -0.277 e. The summed E-state index contributed by atoms with van der Waals surface area (Å²) in [6, 6.07) is -0.514. The molecule has 0 radical (unpaired) electrons. The van der Waals surface area contributed by atoms with E-state index in [1.807, 2.05) is 0 Å². The number of nitrogens with zero attached hydrogens (tertiary/aromatic N) is 1. The highest BCUT2D eigenvalue weighted by Gasteiger charge is 2.55. The standard InChI is InChI=1S/C14H20N2O3/c17-11-14(7-3-4-8-14)12(18)16(13(19)15-11)9-10-5-1-2-6-10/h10H,1-9H2,(H,15,17,19). The molecule has 104 valence electrons. The van der Waals surface area contributed by atoms with Crippen LogP contribution in [0.2, 0.25) is 0 Å². The minimum atomic E-state index is -0.938. The van der Waals surface area contributed by atoms with E-state index in [0.717, 1.165) is 25.7 Å². The van der Waals surface area contributed by atoms with Crippen LogP contribution < -0.4 is 5.32 Å². The van der Waals surface area contributed by atoms with Crippen molar-refractivity contribution in [1.29, 1.82) is 0 Å². The Morgan fingerprint density at radius 3 is 2.32 bits per heavy atom. The Morgan fingerprint density at radius 1 is 1.05 bits per heavy atom. The molecule has 5 heteroatoms. The number of barbiturate groups is 1. The quantitative estimate of drug-likeness (QED) is 0.773. The summed E-state index contributed by atoms with van der Waals surface area (Å²) in [6.45, 7) is 0.486. The van der Waals surface area contributed by atoms with Gasteiger partial charge in [-0.25, -0.2) is 4.79 Å². The smallest absolute Gasteiger partial charge is 0.277 e. The Bertz CT molecular complexity index is 420. The average Bonchev–Trinajstić information content (AvgIpc) is 3.05. The molecule has 1 N–H and O–H groups in total. The first kappa shape index (κ1) is 12.6. The second kappa shape index (κ2) is 4.62. The molecule has 1 heterocycles. The van der Waals surface area contributed by atoms with Gasteiger partial charge in [0.1, 0.15) is 5.41 Å². The summed E-state index contributed by atoms with van der Waals surface area (Å²) in [5, 5.41) is 2.39. The Balaban J connectivity index is 1.80. The van der Waals surface area contributed by atoms with Crippen LogP contribution in [0.3, 0.4) is 0 Å². The van der Waals surface area contributed by atoms with Gasteiger partial charge in [0.25, 0.3) is 0 Å². The number of amides is 4. The second-order valence-electron chi connectivity index (χ2n) is 6.11. The van der Waals surface area contributed by atoms with Gasteiger partial charge in [-0.2, -0.15) is 0 Å². The van der Waals surface area contributed by atoms with Crippen molar-refractivity contribution in [3.8, 4) is 0 Å². The lowest BCUT2D eigenvalue weighted by atomic mass is 9.82. The molecular formula is C14H20N2O3. The van der Waals surface area contributed by atoms with Crippen LogP contribution in [-0.2, 0) is 9.59 Å². The number of rotatable bonds is 2. The monoisotopic (exact) mass is 264 g/mol. The molecule has 0 unspecified atom stereocenters. The summed E-state index contributed by atoms with van der Waals surface area (Å²) < 4.78 is 0. The predicted octanol–water partition coefficient (Wildman–Crippen LogP) is 1.82. The average molecular weight is 264 g/mol. The molecule has 19 heavy (non-hydrogen) atoms. The zero-order valence-electron chi connectivity index (χ0n) is 11.1. The first-order chi connectivity index (χ1) is 9.13. The second-order valence-corrected chi connectivity index (χ2v) is 6.11. The van der Waals surface area contributed by atoms with E-state index in [2.05, 4.69) is 5.32 Å². The number of hydrogen-bond acceptors (Lipinski definition) is 3. The lowest BCUT2D eigenvalue weighted by molar-refractivity contribution is -0.151. The van der Waals surface area contributed by atoms with Gasteiger partial charge in [-0.3, -0.25) is 19.8 Å². The van der Waals surface area contributed by atoms with E-state index < -0.39 is 11.4 Å². The Morgan fingerprint density at radius 2 is 1.68 bits per heavy atom. The molecule has 3 fully saturated rings. The largest absolute Gasteiger partial charge is 0.330 e. The van der Waals surface area contributed by atoms with E-state index in [1.54, 1.807) is 0 Å². The number of nitrogens with one attached hydrogen (secondary N) is 1. The fourth-order valence-electron chi connectivity index (χ4n) is 3.77. The Kier molecular flexibility index (Phi) is 3.07. The molecule has 0 aromatic rings. The Hall–Kier alpha value is -1.39. The lowest BCUT2D eigenvalue weighted by Gasteiger charge is -2.37. The van der Waals surface area contributed by atoms with Gasteiger partial charge in [-0.05, 0) is 31.6 Å². The maximum Gasteiger partial charge on any atom is 0.330 e. The summed E-state index contributed by atoms with van der Waals surface area (Å²) in [7, 11) is 0. The third kappa shape index (κ3) is 1.95. The number of urea groups is 1. The number of carbonyl (C=O) groups is 3. The molecule has 1 saturated heterocycles. The molecule has 3 aliphatic rings. The van der Waals surface area contributed by atoms with Gasteiger partial charge >= 0.3 is 6.03 Å². The third-order valence-electron chi connectivity index (χ3n) is 4.93. The third-order valence-corrected chi connectivity index (χ3v) is 4.93. The topological polar surface area (TPSA) is 66.5 Å². The minimum absolute atomic E-state index is 0.245. The summed E-state index contributed by atoms with van der Waals surface area (Å²) in [5.74, 6) is -0.199. The summed E-state index contributed by atoms with van der Waals surface area (Å²) in [4.78, 5) is 37.9. The van der Waals surface area contributed by atoms with Crippen molar-refractivity contribution in [2.45, 2.75) is 51.4 Å². The molecule has 5 nitrogen and oxygen atoms in total. The Labute approximate surface area is 112 Å². The summed E-state index contributed by atoms with van der Waals surface area (Å²) in [5.41, 5.74) is -0.938. The molecule has 0 bridgehead atoms. The number of carbonyl (C=O) groups excluding carboxylic acids is 3. The molecule has 0 aromatic carbocycles. The SMILES string of the molecule is O=C1NC(=O)C2(CCCC2)C(=O)N1CC1CCCC1. The first-order valence-electron chi connectivity index (χ1n) is 7.31. The van der Waals surface area contributed by atoms with E-state index in [1.165, 1.54) is 17.7 Å². The van der Waals surface area contributed by atoms with Crippen LogP contribution in [0.4, 0.5) is 4.79 Å². The van der Waals surface area contributed by atoms with Crippen molar-refractivity contribution < 1.29 is 14.4 Å². The van der Waals surface area contributed by atoms with Gasteiger partial charge in [0.15, 0.2) is 0 Å². The van der Waals surface area contributed by atoms with Crippen LogP contribution in [0.5, 0.6) is 0 Å². The molecule has 4 amide bonds. The van der Waals surface area contributed by atoms with Gasteiger partial charge in [0.2, 0.25) is 11.8 Å². The van der Waals surface area contributed by atoms with Crippen molar-refractivity contribution in [3.05, 3.63) is 0 Å². The fraction of sp³-hybridized carbons (Fsp3) is 0.786. The van der Waals surface area contributed by atoms with Crippen LogP contribution in [0.25, 0.3) is 0 Å². The van der Waals surface area contributed by atoms with Crippen LogP contribution in [0, 0.1) is 11.3 Å². The van der Waals surface area contributed by atoms with Crippen LogP contribution in [-0.4, -0.2) is 29.3 Å². The van der Waals surface area contributed by atoms with E-state index in [0.29, 0.717) is 25.3 Å². The van der Waals surface area contributed by atoms with Crippen molar-refractivity contribution in [1.82, 2.24) is 10.2 Å². The van der Waals surface area contributed by atoms with E-state index in [-0.39, 0.29) is 11.8 Å². The van der Waals surface area contributed by atoms with E-state index in [9.17, 15) is 14.4 Å². The van der Waals surface area contributed by atoms with Gasteiger partial charge in [0, 0.05) is 6.54 Å². The highest BCUT2D eigenvalue weighted by atomic mass is 16.2. The van der Waals surface area contributed by atoms with Gasteiger partial charge in [0.05, 0.1) is 0 Å². The lowest BCUT2D eigenvalue weighted by Crippen LogP contribution is -2.63. The molecular weight excluding hydrogens is 244 g/mol. The zero-order chi connectivity index (χ0) is 13.5. The molecule has 0 atom stereocenters. The molecule has 3 rings (SSSR count). The maximum atomic E-state index is 12.6. The molecule has 1 spiro atoms. The molecule has 2 saturated carbocycles. The van der Waals surface area contributed by atoms with Crippen LogP contribution in [0.15, 0.2) is 0 Å². The zero-order valence-corrected chi connectivity index (χ0v) is 11.1. The van der Waals surface area contributed by atoms with Crippen molar-refractivity contribution in [2.75, 3.05) is 6.54 Å². The highest BCUT2D eigenvalue weighted by Crippen LogP contribution is 2.42. The van der Waals surface area contributed by atoms with Crippen molar-refractivity contribution in [2.24, 2.45) is 11.3 Å². The van der Waals surface area contributed by atoms with Gasteiger partial charge in [-0.1, -0.05) is 25.7 Å². The van der Waals surface area contributed by atoms with Crippen molar-refractivity contribution in [3.63, 3.8) is 0 Å². The van der Waals surface area contributed by atoms with Gasteiger partial charge < -0.3 is 0 Å². The number of imide groups is 2.